The zero-order chi connectivity index (χ0) is 68.5. The number of allylic oxidation sites excluding steroid dienone is 5. The van der Waals surface area contributed by atoms with Crippen molar-refractivity contribution in [2.75, 3.05) is 21.3 Å². The first-order valence-electron chi connectivity index (χ1n) is 32.0. The van der Waals surface area contributed by atoms with Crippen LogP contribution in [0, 0.1) is 35.5 Å². The van der Waals surface area contributed by atoms with Crippen molar-refractivity contribution >= 4 is 138 Å². The average molecular weight is 1720 g/mol. The first-order chi connectivity index (χ1) is 44.0. The van der Waals surface area contributed by atoms with Gasteiger partial charge in [0.15, 0.2) is 11.6 Å². The van der Waals surface area contributed by atoms with Gasteiger partial charge in [-0.05, 0) is 173 Å². The summed E-state index contributed by atoms with van der Waals surface area (Å²) in [6.07, 6.45) is 4.67. The summed E-state index contributed by atoms with van der Waals surface area (Å²) >= 11 is 25.0. The lowest BCUT2D eigenvalue weighted by atomic mass is 9.77. The SMILES string of the molecule is C.C=C(I)C[C@H](Cl)CCC(=O)/C=C1/O[C@@H]2C(O[C@H]3CC[C@H](CC(=O)OC)O[C@@H]3[C@@H]2C)[C@H]1O.C=C(I)C[C@H](Cl)CCC(=O)/C=C1\O[C@@H]2C(O[C@H]3CC[C@H](CC(=O)OC)O[C@@H]3[C@@H]2C)[C@H]1O.C=C(I)C[C@H](Cl)CCC(=O)C#C[C@H](O)[C@@H]1O[C@H]2CC[C@H](CC(=O)OC)O[C@@H]2[C@H](C)[C@@H]1C. The Morgan fingerprint density at radius 1 is 0.521 bits per heavy atom. The van der Waals surface area contributed by atoms with Crippen LogP contribution < -0.4 is 0 Å². The molecule has 3 N–H and O–H groups in total. The number of hydrogen-bond donors (Lipinski definition) is 3. The molecule has 94 heavy (non-hydrogen) atoms. The van der Waals surface area contributed by atoms with Crippen LogP contribution in [-0.2, 0) is 80.9 Å². The molecule has 8 heterocycles. The predicted octanol–water partition coefficient (Wildman–Crippen LogP) is 11.3. The molecule has 2 unspecified atom stereocenters. The number of ketones is 3. The number of alkyl halides is 3. The van der Waals surface area contributed by atoms with Crippen LogP contribution in [0.1, 0.15) is 151 Å². The Kier molecular flexibility index (Phi) is 35.0. The van der Waals surface area contributed by atoms with Crippen LogP contribution in [-0.4, -0.2) is 192 Å². The van der Waals surface area contributed by atoms with Gasteiger partial charge >= 0.3 is 17.9 Å². The second kappa shape index (κ2) is 39.8. The lowest BCUT2D eigenvalue weighted by Crippen LogP contribution is -2.57. The highest BCUT2D eigenvalue weighted by Gasteiger charge is 2.57. The van der Waals surface area contributed by atoms with Crippen molar-refractivity contribution in [2.24, 2.45) is 23.7 Å². The van der Waals surface area contributed by atoms with Crippen LogP contribution in [0.4, 0.5) is 0 Å². The molecule has 0 aromatic carbocycles. The minimum absolute atomic E-state index is 0. The first kappa shape index (κ1) is 82.6. The van der Waals surface area contributed by atoms with Crippen LogP contribution in [0.3, 0.4) is 0 Å². The lowest BCUT2D eigenvalue weighted by molar-refractivity contribution is -0.239. The standard InChI is InChI=1S/C23H32ClIO6.2C22H30ClIO7.CH4/c1-13(25)11-16(24)5-6-17(26)7-9-19(27)22-14(2)15(3)23-20(31-22)10-8-18(30-23)12-21(28)29-4;2*1-11(24)8-13(23)4-5-14(25)9-17-19(27)22-21(31-17)12(2)20-16(30-22)7-6-15(29-20)10-18(26)28-3;/h14-16,18-20,22-23,27H,1,5-6,8,10-12H2,2-4H3;2*9,12-13,15-16,19-22,27H,1,4-8,10H2,2-3H3;1H4/b;17-9+;17-9-;/t14-,15+,16+,18+,19-,20-,22+,23+;2*12-,13+,15+,16-,19-,20+,21-,22?;/m000./s1. The third-order valence-corrected chi connectivity index (χ3v) is 20.8. The monoisotopic (exact) mass is 1720 g/mol. The summed E-state index contributed by atoms with van der Waals surface area (Å²) in [7, 11) is 4.10. The number of carbonyl (C=O) groups excluding carboxylic acids is 6. The van der Waals surface area contributed by atoms with Gasteiger partial charge in [0, 0.05) is 59.4 Å². The van der Waals surface area contributed by atoms with Crippen LogP contribution in [0.25, 0.3) is 0 Å². The number of hydrogen-bond acceptors (Lipinski definition) is 20. The second-order valence-electron chi connectivity index (χ2n) is 25.4. The minimum atomic E-state index is -1.06. The fourth-order valence-corrected chi connectivity index (χ4v) is 16.4. The summed E-state index contributed by atoms with van der Waals surface area (Å²) in [5.41, 5.74) is 0. The van der Waals surface area contributed by atoms with Crippen molar-refractivity contribution in [3.05, 3.63) is 54.1 Å². The highest BCUT2D eigenvalue weighted by atomic mass is 127. The number of methoxy groups -OCH3 is 3. The van der Waals surface area contributed by atoms with Crippen molar-refractivity contribution in [2.45, 2.75) is 271 Å². The molecule has 0 bridgehead atoms. The largest absolute Gasteiger partial charge is 0.489 e. The van der Waals surface area contributed by atoms with E-state index in [4.69, 9.17) is 86.9 Å². The van der Waals surface area contributed by atoms with Crippen LogP contribution >= 0.6 is 103 Å². The molecule has 8 aliphatic rings. The molecule has 0 saturated carbocycles. The summed E-state index contributed by atoms with van der Waals surface area (Å²) in [4.78, 5) is 71.6. The van der Waals surface area contributed by atoms with E-state index in [1.807, 2.05) is 20.8 Å². The van der Waals surface area contributed by atoms with Crippen molar-refractivity contribution in [3.8, 4) is 11.8 Å². The molecule has 0 aliphatic carbocycles. The number of rotatable bonds is 24. The summed E-state index contributed by atoms with van der Waals surface area (Å²) in [5, 5.41) is 31.6. The number of aliphatic hydroxyl groups excluding tert-OH is 3. The van der Waals surface area contributed by atoms with E-state index in [2.05, 4.69) is 106 Å². The number of esters is 3. The Morgan fingerprint density at radius 2 is 0.862 bits per heavy atom. The second-order valence-corrected chi connectivity index (χ2v) is 31.8. The molecular weight excluding hydrogens is 1620 g/mol. The fourth-order valence-electron chi connectivity index (χ4n) is 13.1. The van der Waals surface area contributed by atoms with Gasteiger partial charge in [-0.25, -0.2) is 0 Å². The average Bonchev–Trinajstić information content (AvgIpc) is 1.55. The Hall–Kier alpha value is -2.02. The van der Waals surface area contributed by atoms with E-state index in [1.54, 1.807) is 0 Å². The van der Waals surface area contributed by atoms with Gasteiger partial charge in [-0.15, -0.1) is 34.8 Å². The molecule has 8 aliphatic heterocycles. The Morgan fingerprint density at radius 3 is 1.21 bits per heavy atom. The lowest BCUT2D eigenvalue weighted by Gasteiger charge is -2.49. The van der Waals surface area contributed by atoms with Crippen LogP contribution in [0.15, 0.2) is 54.1 Å². The van der Waals surface area contributed by atoms with E-state index in [-0.39, 0.29) is 187 Å². The molecule has 0 aromatic rings. The third-order valence-electron chi connectivity index (χ3n) is 18.4. The van der Waals surface area contributed by atoms with Gasteiger partial charge in [0.25, 0.3) is 0 Å². The van der Waals surface area contributed by atoms with E-state index in [9.17, 15) is 44.1 Å². The topological polar surface area (TPSA) is 265 Å². The number of carbonyl (C=O) groups is 6. The highest BCUT2D eigenvalue weighted by molar-refractivity contribution is 14.1. The Balaban J connectivity index is 0.000000254. The molecule has 0 spiro atoms. The molecule has 26 heteroatoms. The van der Waals surface area contributed by atoms with E-state index >= 15 is 0 Å². The summed E-state index contributed by atoms with van der Waals surface area (Å²) < 4.78 is 65.8. The predicted molar refractivity (Wildman–Crippen MR) is 380 cm³/mol. The molecule has 0 radical (unpaired) electrons. The quantitative estimate of drug-likeness (QED) is 0.0154. The van der Waals surface area contributed by atoms with E-state index in [0.29, 0.717) is 57.8 Å². The van der Waals surface area contributed by atoms with Crippen molar-refractivity contribution in [1.82, 2.24) is 0 Å². The van der Waals surface area contributed by atoms with Gasteiger partial charge in [0.1, 0.15) is 54.2 Å². The van der Waals surface area contributed by atoms with Gasteiger partial charge in [0.05, 0.1) is 102 Å². The summed E-state index contributed by atoms with van der Waals surface area (Å²) in [6.45, 7) is 19.5. The normalized spacial score (nSPS) is 34.9. The zero-order valence-corrected chi connectivity index (χ0v) is 62.7. The van der Waals surface area contributed by atoms with Crippen molar-refractivity contribution in [1.29, 1.82) is 0 Å². The maximum Gasteiger partial charge on any atom is 0.308 e. The first-order valence-corrected chi connectivity index (χ1v) is 36.5. The molecule has 8 fully saturated rings. The van der Waals surface area contributed by atoms with Crippen molar-refractivity contribution < 1.29 is 96.2 Å². The number of halogens is 6. The molecule has 0 amide bonds. The molecule has 20 nitrogen and oxygen atoms in total. The molecular formula is C68H96Cl3I3O20. The maximum atomic E-state index is 12.4. The Labute approximate surface area is 610 Å². The molecule has 0 aromatic heterocycles. The van der Waals surface area contributed by atoms with Crippen molar-refractivity contribution in [3.63, 3.8) is 0 Å². The smallest absolute Gasteiger partial charge is 0.308 e. The Bertz CT molecular complexity index is 2620. The summed E-state index contributed by atoms with van der Waals surface area (Å²) in [6, 6.07) is 0. The van der Waals surface area contributed by atoms with Gasteiger partial charge in [-0.2, -0.15) is 0 Å². The number of aliphatic hydroxyl groups is 3. The van der Waals surface area contributed by atoms with Crippen LogP contribution in [0.5, 0.6) is 0 Å². The maximum absolute atomic E-state index is 12.4. The van der Waals surface area contributed by atoms with E-state index < -0.39 is 48.8 Å². The van der Waals surface area contributed by atoms with E-state index in [1.165, 1.54) is 33.5 Å². The molecule has 8 saturated heterocycles. The van der Waals surface area contributed by atoms with Crippen LogP contribution in [0.2, 0.25) is 0 Å². The minimum Gasteiger partial charge on any atom is -0.489 e. The van der Waals surface area contributed by atoms with Gasteiger partial charge in [0.2, 0.25) is 5.78 Å². The highest BCUT2D eigenvalue weighted by Crippen LogP contribution is 2.46. The third kappa shape index (κ3) is 24.4. The van der Waals surface area contributed by atoms with Gasteiger partial charge in [-0.1, -0.05) is 60.8 Å². The number of ether oxygens (including phenoxy) is 11. The van der Waals surface area contributed by atoms with Gasteiger partial charge in [-0.3, -0.25) is 28.8 Å². The summed E-state index contributed by atoms with van der Waals surface area (Å²) in [5.74, 6) is 4.22. The molecule has 24 atom stereocenters. The van der Waals surface area contributed by atoms with E-state index in [0.717, 1.165) is 30.0 Å². The fraction of sp³-hybridized carbons (Fsp3) is 0.735. The molecule has 530 valence electrons. The molecule has 8 rings (SSSR count). The number of fused-ring (bicyclic) bond motifs is 5. The number of Topliss-reactive ketones (excluding diaryl/α,β-unsaturated/α-hetero) is 1. The van der Waals surface area contributed by atoms with Gasteiger partial charge < -0.3 is 67.4 Å². The zero-order valence-electron chi connectivity index (χ0n) is 53.9.